The molecule has 0 bridgehead atoms. The molecule has 1 aliphatic heterocycles. The third kappa shape index (κ3) is 5.09. The number of carbonyl (C=O) groups excluding carboxylic acids is 2. The number of nitrogens with one attached hydrogen (secondary N) is 1. The van der Waals surface area contributed by atoms with Gasteiger partial charge in [0, 0.05) is 25.2 Å². The maximum absolute atomic E-state index is 13.0. The number of hydrogen-bond donors (Lipinski definition) is 1. The largest absolute Gasteiger partial charge is 0.457 e. The lowest BCUT2D eigenvalue weighted by molar-refractivity contribution is -0.126. The van der Waals surface area contributed by atoms with Crippen molar-refractivity contribution in [1.82, 2.24) is 5.32 Å². The van der Waals surface area contributed by atoms with Crippen LogP contribution in [0.3, 0.4) is 0 Å². The molecule has 31 heavy (non-hydrogen) atoms. The minimum atomic E-state index is -0.382. The van der Waals surface area contributed by atoms with E-state index in [2.05, 4.69) is 5.32 Å². The summed E-state index contributed by atoms with van der Waals surface area (Å²) >= 11 is 0. The van der Waals surface area contributed by atoms with Crippen LogP contribution in [0.2, 0.25) is 0 Å². The Labute approximate surface area is 180 Å². The van der Waals surface area contributed by atoms with Crippen LogP contribution in [0.1, 0.15) is 17.5 Å². The van der Waals surface area contributed by atoms with E-state index in [-0.39, 0.29) is 30.0 Å². The average Bonchev–Trinajstić information content (AvgIpc) is 3.16. The van der Waals surface area contributed by atoms with Crippen LogP contribution in [0.25, 0.3) is 0 Å². The highest BCUT2D eigenvalue weighted by molar-refractivity contribution is 6.00. The fourth-order valence-corrected chi connectivity index (χ4v) is 3.55. The first kappa shape index (κ1) is 20.6. The smallest absolute Gasteiger partial charge is 0.227 e. The number of carbonyl (C=O) groups is 2. The summed E-state index contributed by atoms with van der Waals surface area (Å²) in [5, 5.41) is 2.92. The lowest BCUT2D eigenvalue weighted by Gasteiger charge is -2.17. The molecule has 4 rings (SSSR count). The maximum Gasteiger partial charge on any atom is 0.227 e. The Balaban J connectivity index is 1.34. The zero-order valence-electron chi connectivity index (χ0n) is 17.2. The van der Waals surface area contributed by atoms with Crippen molar-refractivity contribution >= 4 is 17.5 Å². The van der Waals surface area contributed by atoms with E-state index in [1.165, 1.54) is 12.1 Å². The second-order valence-corrected chi connectivity index (χ2v) is 7.66. The molecular weight excluding hydrogens is 395 g/mol. The summed E-state index contributed by atoms with van der Waals surface area (Å²) in [6, 6.07) is 20.8. The summed E-state index contributed by atoms with van der Waals surface area (Å²) in [5.41, 5.74) is 2.81. The van der Waals surface area contributed by atoms with Gasteiger partial charge in [-0.05, 0) is 61.0 Å². The molecule has 2 amide bonds. The minimum absolute atomic E-state index is 0.0429. The normalized spacial score (nSPS) is 15.7. The topological polar surface area (TPSA) is 58.6 Å². The van der Waals surface area contributed by atoms with Gasteiger partial charge in [-0.1, -0.05) is 29.8 Å². The Morgan fingerprint density at radius 3 is 2.55 bits per heavy atom. The molecule has 1 unspecified atom stereocenters. The Hall–Kier alpha value is -3.67. The molecular formula is C25H23FN2O3. The summed E-state index contributed by atoms with van der Waals surface area (Å²) in [6.07, 6.45) is 0.202. The fourth-order valence-electron chi connectivity index (χ4n) is 3.55. The first-order valence-corrected chi connectivity index (χ1v) is 10.1. The zero-order valence-corrected chi connectivity index (χ0v) is 17.2. The molecule has 0 spiro atoms. The number of benzene rings is 3. The van der Waals surface area contributed by atoms with Gasteiger partial charge in [0.05, 0.1) is 5.92 Å². The molecule has 0 radical (unpaired) electrons. The van der Waals surface area contributed by atoms with Gasteiger partial charge in [-0.2, -0.15) is 0 Å². The van der Waals surface area contributed by atoms with E-state index in [1.54, 1.807) is 23.1 Å². The fraction of sp³-hybridized carbons (Fsp3) is 0.200. The van der Waals surface area contributed by atoms with Crippen molar-refractivity contribution in [2.45, 2.75) is 19.9 Å². The van der Waals surface area contributed by atoms with Crippen molar-refractivity contribution in [3.63, 3.8) is 0 Å². The predicted molar refractivity (Wildman–Crippen MR) is 116 cm³/mol. The number of ether oxygens (including phenoxy) is 1. The summed E-state index contributed by atoms with van der Waals surface area (Å²) < 4.78 is 18.8. The molecule has 1 N–H and O–H groups in total. The van der Waals surface area contributed by atoms with Gasteiger partial charge in [0.2, 0.25) is 11.8 Å². The minimum Gasteiger partial charge on any atom is -0.457 e. The van der Waals surface area contributed by atoms with E-state index in [0.29, 0.717) is 24.6 Å². The highest BCUT2D eigenvalue weighted by Crippen LogP contribution is 2.26. The van der Waals surface area contributed by atoms with Gasteiger partial charge < -0.3 is 15.0 Å². The van der Waals surface area contributed by atoms with Crippen molar-refractivity contribution < 1.29 is 18.7 Å². The van der Waals surface area contributed by atoms with Crippen LogP contribution < -0.4 is 15.0 Å². The molecule has 0 saturated carbocycles. The van der Waals surface area contributed by atoms with E-state index in [4.69, 9.17) is 4.74 Å². The Morgan fingerprint density at radius 1 is 1.06 bits per heavy atom. The van der Waals surface area contributed by atoms with Crippen LogP contribution in [0.4, 0.5) is 10.1 Å². The lowest BCUT2D eigenvalue weighted by Crippen LogP contribution is -2.32. The Kier molecular flexibility index (Phi) is 5.98. The van der Waals surface area contributed by atoms with Crippen LogP contribution >= 0.6 is 0 Å². The highest BCUT2D eigenvalue weighted by atomic mass is 19.1. The first-order chi connectivity index (χ1) is 15.0. The first-order valence-electron chi connectivity index (χ1n) is 10.1. The molecule has 1 fully saturated rings. The molecule has 0 aromatic heterocycles. The quantitative estimate of drug-likeness (QED) is 0.637. The van der Waals surface area contributed by atoms with Crippen LogP contribution in [-0.4, -0.2) is 18.4 Å². The van der Waals surface area contributed by atoms with E-state index in [0.717, 1.165) is 16.8 Å². The molecule has 1 aliphatic rings. The van der Waals surface area contributed by atoms with Gasteiger partial charge >= 0.3 is 0 Å². The van der Waals surface area contributed by atoms with Gasteiger partial charge in [0.15, 0.2) is 0 Å². The van der Waals surface area contributed by atoms with E-state index in [9.17, 15) is 14.0 Å². The SMILES string of the molecule is Cc1ccc(N2CC(C(=O)NCc3cccc(Oc4ccc(F)cc4)c3)CC2=O)cc1. The highest BCUT2D eigenvalue weighted by Gasteiger charge is 2.34. The van der Waals surface area contributed by atoms with Gasteiger partial charge in [0.25, 0.3) is 0 Å². The van der Waals surface area contributed by atoms with E-state index >= 15 is 0 Å². The number of hydrogen-bond acceptors (Lipinski definition) is 3. The molecule has 0 aliphatic carbocycles. The number of halogens is 1. The number of amides is 2. The van der Waals surface area contributed by atoms with Gasteiger partial charge in [0.1, 0.15) is 17.3 Å². The molecule has 5 nitrogen and oxygen atoms in total. The number of aryl methyl sites for hydroxylation is 1. The molecule has 3 aromatic rings. The number of anilines is 1. The monoisotopic (exact) mass is 418 g/mol. The predicted octanol–water partition coefficient (Wildman–Crippen LogP) is 4.60. The Bertz CT molecular complexity index is 1080. The lowest BCUT2D eigenvalue weighted by atomic mass is 10.1. The molecule has 1 saturated heterocycles. The van der Waals surface area contributed by atoms with Crippen LogP contribution in [-0.2, 0) is 16.1 Å². The summed E-state index contributed by atoms with van der Waals surface area (Å²) in [4.78, 5) is 26.7. The maximum atomic E-state index is 13.0. The van der Waals surface area contributed by atoms with Crippen molar-refractivity contribution in [3.8, 4) is 11.5 Å². The second kappa shape index (κ2) is 9.00. The third-order valence-corrected chi connectivity index (χ3v) is 5.26. The summed E-state index contributed by atoms with van der Waals surface area (Å²) in [7, 11) is 0. The second-order valence-electron chi connectivity index (χ2n) is 7.66. The summed E-state index contributed by atoms with van der Waals surface area (Å²) in [5.74, 6) is 0.234. The van der Waals surface area contributed by atoms with E-state index in [1.807, 2.05) is 49.4 Å². The Morgan fingerprint density at radius 2 is 1.81 bits per heavy atom. The number of nitrogens with zero attached hydrogens (tertiary/aromatic N) is 1. The zero-order chi connectivity index (χ0) is 21.8. The summed E-state index contributed by atoms with van der Waals surface area (Å²) in [6.45, 7) is 2.70. The van der Waals surface area contributed by atoms with Crippen molar-refractivity contribution in [2.24, 2.45) is 5.92 Å². The van der Waals surface area contributed by atoms with E-state index < -0.39 is 0 Å². The van der Waals surface area contributed by atoms with Crippen LogP contribution in [0, 0.1) is 18.7 Å². The number of rotatable bonds is 6. The average molecular weight is 418 g/mol. The standard InChI is InChI=1S/C25H23FN2O3/c1-17-5-9-21(10-6-17)28-16-19(14-24(28)29)25(30)27-15-18-3-2-4-23(13-18)31-22-11-7-20(26)8-12-22/h2-13,19H,14-16H2,1H3,(H,27,30). The van der Waals surface area contributed by atoms with Gasteiger partial charge in [-0.3, -0.25) is 9.59 Å². The van der Waals surface area contributed by atoms with Crippen molar-refractivity contribution in [2.75, 3.05) is 11.4 Å². The van der Waals surface area contributed by atoms with Crippen LogP contribution in [0.15, 0.2) is 72.8 Å². The molecule has 1 heterocycles. The molecule has 3 aromatic carbocycles. The van der Waals surface area contributed by atoms with Crippen LogP contribution in [0.5, 0.6) is 11.5 Å². The molecule has 6 heteroatoms. The van der Waals surface area contributed by atoms with Gasteiger partial charge in [-0.15, -0.1) is 0 Å². The molecule has 1 atom stereocenters. The van der Waals surface area contributed by atoms with Gasteiger partial charge in [-0.25, -0.2) is 4.39 Å². The third-order valence-electron chi connectivity index (χ3n) is 5.26. The molecule has 158 valence electrons. The van der Waals surface area contributed by atoms with Crippen molar-refractivity contribution in [3.05, 3.63) is 89.7 Å². The van der Waals surface area contributed by atoms with Crippen molar-refractivity contribution in [1.29, 1.82) is 0 Å².